The Morgan fingerprint density at radius 2 is 2.00 bits per heavy atom. The number of carbonyl (C=O) groups excluding carboxylic acids is 1. The molecule has 0 aliphatic heterocycles. The van der Waals surface area contributed by atoms with E-state index < -0.39 is 0 Å². The number of nitrogens with one attached hydrogen (secondary N) is 1. The first kappa shape index (κ1) is 15.3. The van der Waals surface area contributed by atoms with Gasteiger partial charge in [-0.25, -0.2) is 4.68 Å². The maximum absolute atomic E-state index is 12.2. The lowest BCUT2D eigenvalue weighted by molar-refractivity contribution is 0.101. The number of anilines is 1. The molecule has 0 saturated carbocycles. The molecule has 0 bridgehead atoms. The second-order valence-corrected chi connectivity index (χ2v) is 5.44. The van der Waals surface area contributed by atoms with Crippen molar-refractivity contribution in [3.8, 4) is 0 Å². The number of hydrogen-bond donors (Lipinski definition) is 1. The van der Waals surface area contributed by atoms with Gasteiger partial charge < -0.3 is 5.32 Å². The number of amides is 1. The van der Waals surface area contributed by atoms with E-state index in [-0.39, 0.29) is 23.2 Å². The number of carbonyl (C=O) groups is 1. The van der Waals surface area contributed by atoms with Gasteiger partial charge in [-0.3, -0.25) is 9.59 Å². The summed E-state index contributed by atoms with van der Waals surface area (Å²) in [4.78, 5) is 23.9. The molecule has 5 nitrogen and oxygen atoms in total. The lowest BCUT2D eigenvalue weighted by Crippen LogP contribution is -2.27. The Balaban J connectivity index is 2.30. The molecule has 1 aromatic heterocycles. The highest BCUT2D eigenvalue weighted by Crippen LogP contribution is 2.20. The van der Waals surface area contributed by atoms with E-state index in [0.717, 1.165) is 5.56 Å². The summed E-state index contributed by atoms with van der Waals surface area (Å²) in [5, 5.41) is 7.37. The molecule has 0 unspecified atom stereocenters. The van der Waals surface area contributed by atoms with Gasteiger partial charge in [-0.15, -0.1) is 0 Å². The molecule has 1 heterocycles. The second kappa shape index (κ2) is 6.10. The van der Waals surface area contributed by atoms with Crippen LogP contribution in [0.5, 0.6) is 0 Å². The molecule has 1 N–H and O–H groups in total. The van der Waals surface area contributed by atoms with E-state index >= 15 is 0 Å². The molecule has 0 fully saturated rings. The summed E-state index contributed by atoms with van der Waals surface area (Å²) in [6.45, 7) is 5.53. The zero-order valence-corrected chi connectivity index (χ0v) is 12.8. The monoisotopic (exact) mass is 305 g/mol. The molecule has 0 aliphatic rings. The van der Waals surface area contributed by atoms with Crippen LogP contribution in [0.3, 0.4) is 0 Å². The first-order chi connectivity index (χ1) is 9.88. The largest absolute Gasteiger partial charge is 0.320 e. The van der Waals surface area contributed by atoms with Gasteiger partial charge in [0.25, 0.3) is 11.5 Å². The topological polar surface area (TPSA) is 64.0 Å². The van der Waals surface area contributed by atoms with Crippen LogP contribution in [0.2, 0.25) is 5.02 Å². The third-order valence-electron chi connectivity index (χ3n) is 2.99. The smallest absolute Gasteiger partial charge is 0.276 e. The Labute approximate surface area is 127 Å². The maximum Gasteiger partial charge on any atom is 0.276 e. The Morgan fingerprint density at radius 3 is 2.67 bits per heavy atom. The van der Waals surface area contributed by atoms with Crippen LogP contribution in [0.4, 0.5) is 5.69 Å². The molecule has 0 atom stereocenters. The van der Waals surface area contributed by atoms with Gasteiger partial charge in [-0.2, -0.15) is 5.10 Å². The van der Waals surface area contributed by atoms with E-state index in [9.17, 15) is 9.59 Å². The molecular weight excluding hydrogens is 290 g/mol. The highest BCUT2D eigenvalue weighted by atomic mass is 35.5. The molecule has 0 saturated heterocycles. The summed E-state index contributed by atoms with van der Waals surface area (Å²) in [5.41, 5.74) is 1.46. The lowest BCUT2D eigenvalue weighted by atomic mass is 10.2. The highest BCUT2D eigenvalue weighted by molar-refractivity contribution is 6.31. The van der Waals surface area contributed by atoms with Gasteiger partial charge in [-0.1, -0.05) is 17.7 Å². The van der Waals surface area contributed by atoms with Crippen molar-refractivity contribution in [3.63, 3.8) is 0 Å². The van der Waals surface area contributed by atoms with Gasteiger partial charge in [0.15, 0.2) is 0 Å². The number of aryl methyl sites for hydroxylation is 1. The van der Waals surface area contributed by atoms with Crippen molar-refractivity contribution in [2.75, 3.05) is 5.32 Å². The number of halogens is 1. The summed E-state index contributed by atoms with van der Waals surface area (Å²) < 4.78 is 1.28. The Hall–Kier alpha value is -2.14. The summed E-state index contributed by atoms with van der Waals surface area (Å²) in [6.07, 6.45) is 0. The van der Waals surface area contributed by atoms with Gasteiger partial charge in [0, 0.05) is 16.8 Å². The standard InChI is InChI=1S/C15H16ClN3O2/c1-9(2)19-14(20)7-6-12(18-19)15(21)17-13-8-11(16)5-4-10(13)3/h4-9H,1-3H3,(H,17,21). The van der Waals surface area contributed by atoms with Crippen LogP contribution in [0.25, 0.3) is 0 Å². The average Bonchev–Trinajstić information content (AvgIpc) is 2.43. The van der Waals surface area contributed by atoms with Crippen LogP contribution in [0, 0.1) is 6.92 Å². The maximum atomic E-state index is 12.2. The Morgan fingerprint density at radius 1 is 1.29 bits per heavy atom. The van der Waals surface area contributed by atoms with Crippen molar-refractivity contribution in [1.29, 1.82) is 0 Å². The molecule has 1 amide bonds. The average molecular weight is 306 g/mol. The number of hydrogen-bond acceptors (Lipinski definition) is 3. The van der Waals surface area contributed by atoms with Crippen LogP contribution in [-0.2, 0) is 0 Å². The summed E-state index contributed by atoms with van der Waals surface area (Å²) in [7, 11) is 0. The molecule has 0 radical (unpaired) electrons. The SMILES string of the molecule is Cc1ccc(Cl)cc1NC(=O)c1ccc(=O)n(C(C)C)n1. The number of rotatable bonds is 3. The number of nitrogens with zero attached hydrogens (tertiary/aromatic N) is 2. The number of benzene rings is 1. The first-order valence-corrected chi connectivity index (χ1v) is 6.93. The molecule has 1 aromatic carbocycles. The van der Waals surface area contributed by atoms with Crippen molar-refractivity contribution in [3.05, 3.63) is 57.0 Å². The minimum absolute atomic E-state index is 0.113. The fraction of sp³-hybridized carbons (Fsp3) is 0.267. The predicted octanol–water partition coefficient (Wildman–Crippen LogP) is 3.04. The zero-order chi connectivity index (χ0) is 15.6. The van der Waals surface area contributed by atoms with Crippen molar-refractivity contribution in [2.24, 2.45) is 0 Å². The fourth-order valence-electron chi connectivity index (χ4n) is 1.83. The molecule has 21 heavy (non-hydrogen) atoms. The van der Waals surface area contributed by atoms with Crippen molar-refractivity contribution >= 4 is 23.2 Å². The Bertz CT molecular complexity index is 738. The van der Waals surface area contributed by atoms with E-state index in [1.807, 2.05) is 26.8 Å². The lowest BCUT2D eigenvalue weighted by Gasteiger charge is -2.11. The van der Waals surface area contributed by atoms with Crippen molar-refractivity contribution < 1.29 is 4.79 Å². The van der Waals surface area contributed by atoms with Crippen LogP contribution in [0.15, 0.2) is 35.1 Å². The minimum Gasteiger partial charge on any atom is -0.320 e. The van der Waals surface area contributed by atoms with Gasteiger partial charge in [-0.05, 0) is 44.5 Å². The number of aromatic nitrogens is 2. The van der Waals surface area contributed by atoms with Crippen LogP contribution < -0.4 is 10.9 Å². The van der Waals surface area contributed by atoms with Crippen molar-refractivity contribution in [2.45, 2.75) is 26.8 Å². The van der Waals surface area contributed by atoms with Gasteiger partial charge in [0.1, 0.15) is 5.69 Å². The second-order valence-electron chi connectivity index (χ2n) is 5.01. The summed E-state index contributed by atoms with van der Waals surface area (Å²) in [5.74, 6) is -0.380. The molecule has 2 rings (SSSR count). The van der Waals surface area contributed by atoms with Crippen LogP contribution in [0.1, 0.15) is 35.9 Å². The summed E-state index contributed by atoms with van der Waals surface area (Å²) >= 11 is 5.92. The minimum atomic E-state index is -0.380. The van der Waals surface area contributed by atoms with Gasteiger partial charge in [0.2, 0.25) is 0 Å². The highest BCUT2D eigenvalue weighted by Gasteiger charge is 2.12. The molecule has 2 aromatic rings. The third kappa shape index (κ3) is 3.49. The molecule has 0 spiro atoms. The fourth-order valence-corrected chi connectivity index (χ4v) is 2.00. The molecule has 0 aliphatic carbocycles. The summed E-state index contributed by atoms with van der Waals surface area (Å²) in [6, 6.07) is 7.89. The normalized spacial score (nSPS) is 10.7. The van der Waals surface area contributed by atoms with Crippen LogP contribution in [-0.4, -0.2) is 15.7 Å². The first-order valence-electron chi connectivity index (χ1n) is 6.56. The van der Waals surface area contributed by atoms with E-state index in [1.165, 1.54) is 16.8 Å². The van der Waals surface area contributed by atoms with Gasteiger partial charge >= 0.3 is 0 Å². The quantitative estimate of drug-likeness (QED) is 0.948. The zero-order valence-electron chi connectivity index (χ0n) is 12.1. The molecule has 6 heteroatoms. The van der Waals surface area contributed by atoms with Crippen LogP contribution >= 0.6 is 11.6 Å². The predicted molar refractivity (Wildman–Crippen MR) is 83.0 cm³/mol. The molecular formula is C15H16ClN3O2. The van der Waals surface area contributed by atoms with E-state index in [1.54, 1.807) is 12.1 Å². The van der Waals surface area contributed by atoms with Gasteiger partial charge in [0.05, 0.1) is 6.04 Å². The van der Waals surface area contributed by atoms with E-state index in [0.29, 0.717) is 10.7 Å². The Kier molecular flexibility index (Phi) is 4.43. The molecule has 110 valence electrons. The van der Waals surface area contributed by atoms with E-state index in [4.69, 9.17) is 11.6 Å². The van der Waals surface area contributed by atoms with Crippen molar-refractivity contribution in [1.82, 2.24) is 9.78 Å². The third-order valence-corrected chi connectivity index (χ3v) is 3.23. The van der Waals surface area contributed by atoms with E-state index in [2.05, 4.69) is 10.4 Å².